The van der Waals surface area contributed by atoms with Gasteiger partial charge < -0.3 is 4.43 Å². The second-order valence-electron chi connectivity index (χ2n) is 3.65. The normalized spacial score (nSPS) is 21.5. The minimum atomic E-state index is -1.66. The molecule has 0 saturated carbocycles. The highest BCUT2D eigenvalue weighted by atomic mass is 35.6. The molecule has 12 heavy (non-hydrogen) atoms. The van der Waals surface area contributed by atoms with E-state index in [2.05, 4.69) is 6.92 Å². The Bertz CT molecular complexity index is 124. The summed E-state index contributed by atoms with van der Waals surface area (Å²) >= 11 is 6.37. The summed E-state index contributed by atoms with van der Waals surface area (Å²) in [6, 6.07) is 2.36. The summed E-state index contributed by atoms with van der Waals surface area (Å²) in [7, 11) is -1.66. The van der Waals surface area contributed by atoms with Crippen molar-refractivity contribution in [1.82, 2.24) is 0 Å². The molecule has 1 fully saturated rings. The van der Waals surface area contributed by atoms with Crippen molar-refractivity contribution in [2.75, 3.05) is 6.61 Å². The molecule has 72 valence electrons. The van der Waals surface area contributed by atoms with Crippen molar-refractivity contribution in [3.8, 4) is 0 Å². The van der Waals surface area contributed by atoms with Crippen LogP contribution in [0.4, 0.5) is 0 Å². The standard InChI is InChI=1S/C9H19ClOSi/c1-2-3-4-7-11-12(10)8-5-6-9-12/h2-9H2,1H3. The second kappa shape index (κ2) is 5.25. The summed E-state index contributed by atoms with van der Waals surface area (Å²) in [4.78, 5) is 0. The quantitative estimate of drug-likeness (QED) is 0.379. The Morgan fingerprint density at radius 1 is 1.25 bits per heavy atom. The molecule has 1 nitrogen and oxygen atoms in total. The topological polar surface area (TPSA) is 9.23 Å². The molecule has 1 rings (SSSR count). The summed E-state index contributed by atoms with van der Waals surface area (Å²) in [5.41, 5.74) is 0. The minimum Gasteiger partial charge on any atom is -0.403 e. The van der Waals surface area contributed by atoms with Gasteiger partial charge in [0.15, 0.2) is 0 Å². The zero-order valence-electron chi connectivity index (χ0n) is 7.94. The van der Waals surface area contributed by atoms with Gasteiger partial charge in [0, 0.05) is 6.61 Å². The summed E-state index contributed by atoms with van der Waals surface area (Å²) in [6.45, 7) is 3.12. The highest BCUT2D eigenvalue weighted by Crippen LogP contribution is 2.34. The minimum absolute atomic E-state index is 0.906. The lowest BCUT2D eigenvalue weighted by molar-refractivity contribution is 0.304. The van der Waals surface area contributed by atoms with Crippen LogP contribution in [-0.4, -0.2) is 14.2 Å². The molecule has 1 heterocycles. The monoisotopic (exact) mass is 206 g/mol. The van der Waals surface area contributed by atoms with E-state index >= 15 is 0 Å². The molecule has 0 atom stereocenters. The predicted molar refractivity (Wildman–Crippen MR) is 55.9 cm³/mol. The fourth-order valence-electron chi connectivity index (χ4n) is 1.65. The van der Waals surface area contributed by atoms with Crippen molar-refractivity contribution in [3.05, 3.63) is 0 Å². The molecular formula is C9H19ClOSi. The van der Waals surface area contributed by atoms with Crippen molar-refractivity contribution in [3.63, 3.8) is 0 Å². The van der Waals surface area contributed by atoms with Crippen molar-refractivity contribution in [2.24, 2.45) is 0 Å². The molecular weight excluding hydrogens is 188 g/mol. The number of hydrogen-bond donors (Lipinski definition) is 0. The summed E-state index contributed by atoms with van der Waals surface area (Å²) in [6.07, 6.45) is 6.33. The smallest absolute Gasteiger partial charge is 0.290 e. The van der Waals surface area contributed by atoms with E-state index in [0.29, 0.717) is 0 Å². The first-order valence-corrected chi connectivity index (χ1v) is 8.43. The van der Waals surface area contributed by atoms with Gasteiger partial charge in [-0.2, -0.15) is 0 Å². The second-order valence-corrected chi connectivity index (χ2v) is 8.77. The summed E-state index contributed by atoms with van der Waals surface area (Å²) in [5, 5.41) is 0. The van der Waals surface area contributed by atoms with Gasteiger partial charge in [-0.05, 0) is 18.5 Å². The molecule has 0 spiro atoms. The van der Waals surface area contributed by atoms with Crippen LogP contribution in [0.3, 0.4) is 0 Å². The Morgan fingerprint density at radius 3 is 2.50 bits per heavy atom. The average Bonchev–Trinajstić information content (AvgIpc) is 2.47. The fraction of sp³-hybridized carbons (Fsp3) is 1.00. The third-order valence-corrected chi connectivity index (χ3v) is 6.84. The Morgan fingerprint density at radius 2 is 1.92 bits per heavy atom. The van der Waals surface area contributed by atoms with E-state index in [4.69, 9.17) is 15.5 Å². The van der Waals surface area contributed by atoms with Crippen LogP contribution in [0.25, 0.3) is 0 Å². The Labute approximate surface area is 81.3 Å². The molecule has 0 N–H and O–H groups in total. The van der Waals surface area contributed by atoms with Gasteiger partial charge in [0.25, 0.3) is 7.63 Å². The van der Waals surface area contributed by atoms with Gasteiger partial charge in [-0.1, -0.05) is 32.6 Å². The van der Waals surface area contributed by atoms with E-state index in [1.54, 1.807) is 0 Å². The first-order chi connectivity index (χ1) is 5.77. The van der Waals surface area contributed by atoms with Gasteiger partial charge in [-0.25, -0.2) is 0 Å². The predicted octanol–water partition coefficient (Wildman–Crippen LogP) is 3.67. The van der Waals surface area contributed by atoms with Gasteiger partial charge in [0.1, 0.15) is 0 Å². The Hall–Kier alpha value is 0.467. The summed E-state index contributed by atoms with van der Waals surface area (Å²) in [5.74, 6) is 0. The van der Waals surface area contributed by atoms with Crippen LogP contribution in [0.2, 0.25) is 12.1 Å². The molecule has 0 aliphatic carbocycles. The number of rotatable bonds is 5. The van der Waals surface area contributed by atoms with E-state index in [9.17, 15) is 0 Å². The molecule has 0 aromatic carbocycles. The molecule has 0 unspecified atom stereocenters. The molecule has 0 radical (unpaired) electrons. The molecule has 1 aliphatic rings. The Balaban J connectivity index is 2.05. The molecule has 1 saturated heterocycles. The van der Waals surface area contributed by atoms with Crippen molar-refractivity contribution < 1.29 is 4.43 Å². The van der Waals surface area contributed by atoms with Crippen molar-refractivity contribution in [2.45, 2.75) is 51.1 Å². The molecule has 0 aromatic heterocycles. The third-order valence-electron chi connectivity index (χ3n) is 2.46. The largest absolute Gasteiger partial charge is 0.403 e. The van der Waals surface area contributed by atoms with Gasteiger partial charge in [-0.3, -0.25) is 0 Å². The van der Waals surface area contributed by atoms with E-state index in [1.165, 1.54) is 44.2 Å². The van der Waals surface area contributed by atoms with Crippen LogP contribution in [0.1, 0.15) is 39.0 Å². The molecule has 0 amide bonds. The highest BCUT2D eigenvalue weighted by Gasteiger charge is 2.36. The number of hydrogen-bond acceptors (Lipinski definition) is 1. The maximum absolute atomic E-state index is 6.37. The van der Waals surface area contributed by atoms with E-state index in [-0.39, 0.29) is 0 Å². The van der Waals surface area contributed by atoms with Crippen LogP contribution in [0.15, 0.2) is 0 Å². The van der Waals surface area contributed by atoms with Crippen molar-refractivity contribution in [1.29, 1.82) is 0 Å². The van der Waals surface area contributed by atoms with Gasteiger partial charge in [-0.15, -0.1) is 11.1 Å². The van der Waals surface area contributed by atoms with Gasteiger partial charge in [0.2, 0.25) is 0 Å². The molecule has 1 aliphatic heterocycles. The zero-order chi connectivity index (χ0) is 8.86. The Kier molecular flexibility index (Phi) is 4.62. The van der Waals surface area contributed by atoms with E-state index < -0.39 is 7.63 Å². The van der Waals surface area contributed by atoms with Crippen molar-refractivity contribution >= 4 is 18.7 Å². The lowest BCUT2D eigenvalue weighted by Crippen LogP contribution is -2.27. The highest BCUT2D eigenvalue weighted by molar-refractivity contribution is 7.17. The van der Waals surface area contributed by atoms with Crippen LogP contribution >= 0.6 is 11.1 Å². The molecule has 3 heteroatoms. The number of halogens is 1. The van der Waals surface area contributed by atoms with Gasteiger partial charge >= 0.3 is 0 Å². The maximum atomic E-state index is 6.37. The van der Waals surface area contributed by atoms with Gasteiger partial charge in [0.05, 0.1) is 0 Å². The third kappa shape index (κ3) is 3.46. The van der Waals surface area contributed by atoms with E-state index in [1.807, 2.05) is 0 Å². The van der Waals surface area contributed by atoms with Crippen LogP contribution in [0.5, 0.6) is 0 Å². The van der Waals surface area contributed by atoms with Crippen LogP contribution in [-0.2, 0) is 4.43 Å². The lowest BCUT2D eigenvalue weighted by atomic mass is 10.3. The fourth-order valence-corrected chi connectivity index (χ4v) is 5.29. The average molecular weight is 207 g/mol. The molecule has 0 aromatic rings. The van der Waals surface area contributed by atoms with E-state index in [0.717, 1.165) is 6.61 Å². The lowest BCUT2D eigenvalue weighted by Gasteiger charge is -2.18. The zero-order valence-corrected chi connectivity index (χ0v) is 9.70. The maximum Gasteiger partial charge on any atom is 0.290 e. The first-order valence-electron chi connectivity index (χ1n) is 5.10. The summed E-state index contributed by atoms with van der Waals surface area (Å²) < 4.78 is 5.80. The van der Waals surface area contributed by atoms with Crippen LogP contribution < -0.4 is 0 Å². The SMILES string of the molecule is CCCCCO[Si]1(Cl)CCCC1. The molecule has 0 bridgehead atoms. The van der Waals surface area contributed by atoms with Crippen LogP contribution in [0, 0.1) is 0 Å². The number of unbranched alkanes of at least 4 members (excludes halogenated alkanes) is 2. The first kappa shape index (κ1) is 10.5.